The van der Waals surface area contributed by atoms with Crippen LogP contribution >= 0.6 is 0 Å². The molecule has 0 rings (SSSR count). The van der Waals surface area contributed by atoms with Crippen molar-refractivity contribution in [3.63, 3.8) is 0 Å². The number of unbranched alkanes of at least 4 members (excludes halogenated alkanes) is 1. The zero-order valence-corrected chi connectivity index (χ0v) is 11.2. The molecule has 0 bridgehead atoms. The summed E-state index contributed by atoms with van der Waals surface area (Å²) in [5.74, 6) is -0.199. The molecule has 0 saturated heterocycles. The van der Waals surface area contributed by atoms with E-state index in [0.29, 0.717) is 6.42 Å². The first-order valence-electron chi connectivity index (χ1n) is 6.68. The summed E-state index contributed by atoms with van der Waals surface area (Å²) in [7, 11) is 0. The van der Waals surface area contributed by atoms with Crippen LogP contribution in [0.4, 0.5) is 0 Å². The second-order valence-corrected chi connectivity index (χ2v) is 4.17. The van der Waals surface area contributed by atoms with Crippen molar-refractivity contribution >= 4 is 5.97 Å². The lowest BCUT2D eigenvalue weighted by Gasteiger charge is -2.06. The number of aliphatic hydroxyl groups is 1. The summed E-state index contributed by atoms with van der Waals surface area (Å²) in [5, 5.41) is 8.49. The first-order valence-corrected chi connectivity index (χ1v) is 6.68. The molecule has 0 saturated carbocycles. The molecule has 0 unspecified atom stereocenters. The third-order valence-electron chi connectivity index (χ3n) is 2.55. The number of hydrogen-bond donors (Lipinski definition) is 1. The Morgan fingerprint density at radius 2 is 1.88 bits per heavy atom. The van der Waals surface area contributed by atoms with Crippen molar-refractivity contribution in [1.82, 2.24) is 0 Å². The molecular weight excluding hydrogens is 216 g/mol. The minimum atomic E-state index is -0.199. The van der Waals surface area contributed by atoms with Crippen molar-refractivity contribution in [3.8, 4) is 0 Å². The molecule has 1 N–H and O–H groups in total. The number of aliphatic hydroxyl groups excluding tert-OH is 1. The van der Waals surface area contributed by atoms with Crippen LogP contribution in [-0.2, 0) is 9.53 Å². The van der Waals surface area contributed by atoms with Crippen molar-refractivity contribution in [1.29, 1.82) is 0 Å². The van der Waals surface area contributed by atoms with Crippen LogP contribution in [0.1, 0.15) is 58.8 Å². The molecule has 0 fully saturated rings. The Morgan fingerprint density at radius 1 is 1.18 bits per heavy atom. The summed E-state index contributed by atoms with van der Waals surface area (Å²) in [6, 6.07) is 0. The second-order valence-electron chi connectivity index (χ2n) is 4.17. The van der Waals surface area contributed by atoms with Gasteiger partial charge in [0.1, 0.15) is 6.61 Å². The molecule has 0 aromatic heterocycles. The number of carbonyl (C=O) groups is 1. The van der Waals surface area contributed by atoms with Gasteiger partial charge in [-0.05, 0) is 32.1 Å². The standard InChI is InChI=1S/C14H26O3/c1-3-7-13(8-4-2)9-5-6-10-14(16)17-12-11-15/h7,15H,3-6,8-12H2,1-2H3. The fourth-order valence-electron chi connectivity index (χ4n) is 1.79. The number of carbonyl (C=O) groups excluding carboxylic acids is 1. The van der Waals surface area contributed by atoms with Crippen molar-refractivity contribution in [2.24, 2.45) is 0 Å². The summed E-state index contributed by atoms with van der Waals surface area (Å²) in [5.41, 5.74) is 1.51. The quantitative estimate of drug-likeness (QED) is 0.363. The fraction of sp³-hybridized carbons (Fsp3) is 0.786. The Hall–Kier alpha value is -0.830. The molecule has 0 spiro atoms. The average molecular weight is 242 g/mol. The van der Waals surface area contributed by atoms with Crippen LogP contribution in [0.5, 0.6) is 0 Å². The van der Waals surface area contributed by atoms with E-state index in [4.69, 9.17) is 9.84 Å². The van der Waals surface area contributed by atoms with E-state index in [2.05, 4.69) is 19.9 Å². The van der Waals surface area contributed by atoms with Gasteiger partial charge in [-0.2, -0.15) is 0 Å². The zero-order valence-electron chi connectivity index (χ0n) is 11.2. The highest BCUT2D eigenvalue weighted by atomic mass is 16.5. The minimum absolute atomic E-state index is 0.0916. The van der Waals surface area contributed by atoms with E-state index in [9.17, 15) is 4.79 Å². The second kappa shape index (κ2) is 11.6. The zero-order chi connectivity index (χ0) is 12.9. The Labute approximate surface area is 105 Å². The lowest BCUT2D eigenvalue weighted by molar-refractivity contribution is -0.144. The monoisotopic (exact) mass is 242 g/mol. The number of ether oxygens (including phenoxy) is 1. The molecule has 0 amide bonds. The van der Waals surface area contributed by atoms with E-state index in [1.807, 2.05) is 0 Å². The van der Waals surface area contributed by atoms with Crippen LogP contribution in [0.2, 0.25) is 0 Å². The molecule has 0 aliphatic carbocycles. The van der Waals surface area contributed by atoms with E-state index in [0.717, 1.165) is 25.7 Å². The highest BCUT2D eigenvalue weighted by Crippen LogP contribution is 2.15. The Morgan fingerprint density at radius 3 is 2.47 bits per heavy atom. The molecule has 0 aromatic rings. The van der Waals surface area contributed by atoms with Gasteiger partial charge < -0.3 is 9.84 Å². The van der Waals surface area contributed by atoms with E-state index in [-0.39, 0.29) is 19.2 Å². The summed E-state index contributed by atoms with van der Waals surface area (Å²) in [6.45, 7) is 4.37. The lowest BCUT2D eigenvalue weighted by atomic mass is 10.0. The number of allylic oxidation sites excluding steroid dienone is 2. The van der Waals surface area contributed by atoms with Gasteiger partial charge in [-0.3, -0.25) is 4.79 Å². The highest BCUT2D eigenvalue weighted by molar-refractivity contribution is 5.69. The van der Waals surface area contributed by atoms with Crippen molar-refractivity contribution < 1.29 is 14.6 Å². The third kappa shape index (κ3) is 10.1. The largest absolute Gasteiger partial charge is 0.463 e. The molecule has 0 aliphatic heterocycles. The molecule has 3 nitrogen and oxygen atoms in total. The van der Waals surface area contributed by atoms with Crippen molar-refractivity contribution in [2.45, 2.75) is 58.8 Å². The van der Waals surface area contributed by atoms with E-state index >= 15 is 0 Å². The van der Waals surface area contributed by atoms with Gasteiger partial charge in [0, 0.05) is 6.42 Å². The summed E-state index contributed by atoms with van der Waals surface area (Å²) in [4.78, 5) is 11.2. The van der Waals surface area contributed by atoms with E-state index < -0.39 is 0 Å². The predicted octanol–water partition coefficient (Wildman–Crippen LogP) is 3.22. The SMILES string of the molecule is CCC=C(CCC)CCCCC(=O)OCCO. The smallest absolute Gasteiger partial charge is 0.305 e. The molecule has 3 heteroatoms. The number of hydrogen-bond acceptors (Lipinski definition) is 3. The molecule has 0 radical (unpaired) electrons. The first-order chi connectivity index (χ1) is 8.24. The van der Waals surface area contributed by atoms with Gasteiger partial charge in [0.2, 0.25) is 0 Å². The summed E-state index contributed by atoms with van der Waals surface area (Å²) in [6.07, 6.45) is 9.21. The van der Waals surface area contributed by atoms with E-state index in [1.165, 1.54) is 18.4 Å². The third-order valence-corrected chi connectivity index (χ3v) is 2.55. The minimum Gasteiger partial charge on any atom is -0.463 e. The van der Waals surface area contributed by atoms with Crippen LogP contribution in [0.25, 0.3) is 0 Å². The van der Waals surface area contributed by atoms with E-state index in [1.54, 1.807) is 0 Å². The van der Waals surface area contributed by atoms with Gasteiger partial charge in [-0.1, -0.05) is 31.9 Å². The topological polar surface area (TPSA) is 46.5 Å². The Bertz CT molecular complexity index is 222. The van der Waals surface area contributed by atoms with Crippen LogP contribution in [0, 0.1) is 0 Å². The van der Waals surface area contributed by atoms with Gasteiger partial charge in [-0.15, -0.1) is 0 Å². The average Bonchev–Trinajstić information content (AvgIpc) is 2.32. The normalized spacial score (nSPS) is 11.6. The molecular formula is C14H26O3. The molecule has 17 heavy (non-hydrogen) atoms. The molecule has 0 aromatic carbocycles. The maximum atomic E-state index is 11.2. The van der Waals surface area contributed by atoms with Crippen LogP contribution < -0.4 is 0 Å². The lowest BCUT2D eigenvalue weighted by Crippen LogP contribution is -2.07. The predicted molar refractivity (Wildman–Crippen MR) is 69.8 cm³/mol. The first kappa shape index (κ1) is 16.2. The highest BCUT2D eigenvalue weighted by Gasteiger charge is 2.02. The molecule has 100 valence electrons. The van der Waals surface area contributed by atoms with Gasteiger partial charge in [0.25, 0.3) is 0 Å². The number of esters is 1. The Kier molecular flexibility index (Phi) is 11.1. The summed E-state index contributed by atoms with van der Waals surface area (Å²) >= 11 is 0. The van der Waals surface area contributed by atoms with Crippen molar-refractivity contribution in [2.75, 3.05) is 13.2 Å². The van der Waals surface area contributed by atoms with Crippen LogP contribution in [-0.4, -0.2) is 24.3 Å². The number of rotatable bonds is 10. The van der Waals surface area contributed by atoms with Crippen LogP contribution in [0.15, 0.2) is 11.6 Å². The summed E-state index contributed by atoms with van der Waals surface area (Å²) < 4.78 is 4.79. The Balaban J connectivity index is 3.60. The fourth-order valence-corrected chi connectivity index (χ4v) is 1.79. The van der Waals surface area contributed by atoms with Gasteiger partial charge in [-0.25, -0.2) is 0 Å². The molecule has 0 aliphatic rings. The maximum absolute atomic E-state index is 11.2. The molecule has 0 heterocycles. The molecule has 0 atom stereocenters. The maximum Gasteiger partial charge on any atom is 0.305 e. The van der Waals surface area contributed by atoms with Crippen LogP contribution in [0.3, 0.4) is 0 Å². The van der Waals surface area contributed by atoms with Gasteiger partial charge in [0.05, 0.1) is 6.61 Å². The van der Waals surface area contributed by atoms with Gasteiger partial charge in [0.15, 0.2) is 0 Å². The van der Waals surface area contributed by atoms with Crippen molar-refractivity contribution in [3.05, 3.63) is 11.6 Å². The van der Waals surface area contributed by atoms with Gasteiger partial charge >= 0.3 is 5.97 Å².